The fourth-order valence-corrected chi connectivity index (χ4v) is 5.02. The van der Waals surface area contributed by atoms with Crippen molar-refractivity contribution in [3.63, 3.8) is 0 Å². The van der Waals surface area contributed by atoms with Crippen molar-refractivity contribution in [1.82, 2.24) is 19.4 Å². The first-order chi connectivity index (χ1) is 18.2. The van der Waals surface area contributed by atoms with E-state index >= 15 is 0 Å². The Morgan fingerprint density at radius 1 is 0.811 bits per heavy atom. The van der Waals surface area contributed by atoms with Crippen LogP contribution >= 0.6 is 0 Å². The molecule has 1 saturated heterocycles. The summed E-state index contributed by atoms with van der Waals surface area (Å²) in [7, 11) is 0. The first-order valence-corrected chi connectivity index (χ1v) is 12.8. The topological polar surface area (TPSA) is 71.9 Å². The standard InChI is InChI=1S/C29H31N5O3/c35-29(30-23-10-11-26-27(18-23)37-17-16-36-26)21-33-14-12-32(13-15-33)20-28-31-24-8-4-5-9-25(24)34(28)19-22-6-2-1-3-7-22/h1-11,18H,12-17,19-21H2,(H,30,35). The van der Waals surface area contributed by atoms with Crippen LogP contribution in [0, 0.1) is 0 Å². The largest absolute Gasteiger partial charge is 0.486 e. The molecule has 2 aliphatic rings. The molecule has 3 heterocycles. The lowest BCUT2D eigenvalue weighted by molar-refractivity contribution is -0.117. The van der Waals surface area contributed by atoms with E-state index < -0.39 is 0 Å². The summed E-state index contributed by atoms with van der Waals surface area (Å²) in [5, 5.41) is 2.99. The van der Waals surface area contributed by atoms with E-state index in [1.807, 2.05) is 30.3 Å². The number of piperazine rings is 1. The van der Waals surface area contributed by atoms with E-state index in [4.69, 9.17) is 14.5 Å². The third kappa shape index (κ3) is 5.45. The van der Waals surface area contributed by atoms with E-state index in [9.17, 15) is 4.79 Å². The molecule has 0 atom stereocenters. The molecule has 2 aliphatic heterocycles. The number of nitrogens with one attached hydrogen (secondary N) is 1. The maximum absolute atomic E-state index is 12.7. The van der Waals surface area contributed by atoms with E-state index in [1.165, 1.54) is 5.56 Å². The summed E-state index contributed by atoms with van der Waals surface area (Å²) in [6, 6.07) is 24.4. The van der Waals surface area contributed by atoms with Crippen molar-refractivity contribution in [1.29, 1.82) is 0 Å². The Morgan fingerprint density at radius 2 is 1.54 bits per heavy atom. The number of carbonyl (C=O) groups excluding carboxylic acids is 1. The van der Waals surface area contributed by atoms with Gasteiger partial charge in [-0.1, -0.05) is 42.5 Å². The number of hydrogen-bond donors (Lipinski definition) is 1. The zero-order valence-corrected chi connectivity index (χ0v) is 20.8. The maximum atomic E-state index is 12.7. The van der Waals surface area contributed by atoms with Gasteiger partial charge in [0, 0.05) is 44.5 Å². The van der Waals surface area contributed by atoms with Crippen molar-refractivity contribution in [2.45, 2.75) is 13.1 Å². The van der Waals surface area contributed by atoms with Crippen LogP contribution in [-0.2, 0) is 17.9 Å². The molecular formula is C29H31N5O3. The number of nitrogens with zero attached hydrogens (tertiary/aromatic N) is 4. The van der Waals surface area contributed by atoms with E-state index in [1.54, 1.807) is 0 Å². The number of ether oxygens (including phenoxy) is 2. The molecule has 4 aromatic rings. The van der Waals surface area contributed by atoms with Crippen LogP contribution in [-0.4, -0.2) is 71.2 Å². The van der Waals surface area contributed by atoms with Crippen molar-refractivity contribution in [3.05, 3.63) is 84.2 Å². The zero-order chi connectivity index (χ0) is 25.0. The predicted molar refractivity (Wildman–Crippen MR) is 143 cm³/mol. The van der Waals surface area contributed by atoms with Crippen molar-refractivity contribution < 1.29 is 14.3 Å². The number of fused-ring (bicyclic) bond motifs is 2. The van der Waals surface area contributed by atoms with Crippen molar-refractivity contribution in [2.24, 2.45) is 0 Å². The first-order valence-electron chi connectivity index (χ1n) is 12.8. The molecule has 0 radical (unpaired) electrons. The lowest BCUT2D eigenvalue weighted by atomic mass is 10.2. The van der Waals surface area contributed by atoms with Crippen LogP contribution in [0.3, 0.4) is 0 Å². The normalized spacial score (nSPS) is 16.1. The Balaban J connectivity index is 1.05. The lowest BCUT2D eigenvalue weighted by Crippen LogP contribution is -2.48. The Morgan fingerprint density at radius 3 is 2.38 bits per heavy atom. The van der Waals surface area contributed by atoms with Gasteiger partial charge in [0.15, 0.2) is 11.5 Å². The van der Waals surface area contributed by atoms with Crippen molar-refractivity contribution >= 4 is 22.6 Å². The second-order valence-corrected chi connectivity index (χ2v) is 9.55. The number of carbonyl (C=O) groups is 1. The Labute approximate surface area is 216 Å². The SMILES string of the molecule is O=C(CN1CCN(Cc2nc3ccccc3n2Cc2ccccc2)CC1)Nc1ccc2c(c1)OCCO2. The molecule has 1 fully saturated rings. The number of anilines is 1. The highest BCUT2D eigenvalue weighted by atomic mass is 16.6. The third-order valence-corrected chi connectivity index (χ3v) is 6.94. The number of rotatable bonds is 7. The maximum Gasteiger partial charge on any atom is 0.238 e. The molecular weight excluding hydrogens is 466 g/mol. The number of aromatic nitrogens is 2. The number of para-hydroxylation sites is 2. The molecule has 8 nitrogen and oxygen atoms in total. The fraction of sp³-hybridized carbons (Fsp3) is 0.310. The second kappa shape index (κ2) is 10.6. The zero-order valence-electron chi connectivity index (χ0n) is 20.8. The Hall–Kier alpha value is -3.88. The highest BCUT2D eigenvalue weighted by Crippen LogP contribution is 2.32. The van der Waals surface area contributed by atoms with Crippen molar-refractivity contribution in [3.8, 4) is 11.5 Å². The minimum atomic E-state index is -0.0187. The van der Waals surface area contributed by atoms with Gasteiger partial charge in [-0.15, -0.1) is 0 Å². The lowest BCUT2D eigenvalue weighted by Gasteiger charge is -2.34. The molecule has 0 spiro atoms. The van der Waals surface area contributed by atoms with Gasteiger partial charge in [-0.25, -0.2) is 4.98 Å². The fourth-order valence-electron chi connectivity index (χ4n) is 5.02. The van der Waals surface area contributed by atoms with Crippen LogP contribution in [0.15, 0.2) is 72.8 Å². The molecule has 6 rings (SSSR count). The van der Waals surface area contributed by atoms with E-state index in [0.717, 1.165) is 67.6 Å². The van der Waals surface area contributed by atoms with Gasteiger partial charge in [-0.05, 0) is 29.8 Å². The summed E-state index contributed by atoms with van der Waals surface area (Å²) in [6.07, 6.45) is 0. The van der Waals surface area contributed by atoms with Gasteiger partial charge in [0.2, 0.25) is 5.91 Å². The summed E-state index contributed by atoms with van der Waals surface area (Å²) < 4.78 is 13.5. The quantitative estimate of drug-likeness (QED) is 0.421. The summed E-state index contributed by atoms with van der Waals surface area (Å²) in [5.74, 6) is 2.46. The molecule has 37 heavy (non-hydrogen) atoms. The minimum Gasteiger partial charge on any atom is -0.486 e. The minimum absolute atomic E-state index is 0.0187. The van der Waals surface area contributed by atoms with Crippen LogP contribution in [0.25, 0.3) is 11.0 Å². The highest BCUT2D eigenvalue weighted by molar-refractivity contribution is 5.92. The van der Waals surface area contributed by atoms with Gasteiger partial charge in [0.05, 0.1) is 24.1 Å². The molecule has 0 unspecified atom stereocenters. The molecule has 1 amide bonds. The van der Waals surface area contributed by atoms with Gasteiger partial charge in [0.25, 0.3) is 0 Å². The van der Waals surface area contributed by atoms with E-state index in [2.05, 4.69) is 62.1 Å². The number of hydrogen-bond acceptors (Lipinski definition) is 6. The molecule has 0 bridgehead atoms. The van der Waals surface area contributed by atoms with Gasteiger partial charge < -0.3 is 19.4 Å². The molecule has 8 heteroatoms. The first kappa shape index (κ1) is 23.5. The number of imidazole rings is 1. The Bertz CT molecular complexity index is 1380. The van der Waals surface area contributed by atoms with Gasteiger partial charge in [-0.3, -0.25) is 14.6 Å². The summed E-state index contributed by atoms with van der Waals surface area (Å²) in [5.41, 5.74) is 4.18. The summed E-state index contributed by atoms with van der Waals surface area (Å²) >= 11 is 0. The summed E-state index contributed by atoms with van der Waals surface area (Å²) in [6.45, 7) is 6.51. The second-order valence-electron chi connectivity index (χ2n) is 9.55. The smallest absolute Gasteiger partial charge is 0.238 e. The highest BCUT2D eigenvalue weighted by Gasteiger charge is 2.22. The molecule has 190 valence electrons. The van der Waals surface area contributed by atoms with Crippen LogP contribution < -0.4 is 14.8 Å². The van der Waals surface area contributed by atoms with Gasteiger partial charge in [0.1, 0.15) is 19.0 Å². The monoisotopic (exact) mass is 497 g/mol. The van der Waals surface area contributed by atoms with Crippen LogP contribution in [0.1, 0.15) is 11.4 Å². The average Bonchev–Trinajstić information content (AvgIpc) is 3.27. The van der Waals surface area contributed by atoms with Gasteiger partial charge >= 0.3 is 0 Å². The summed E-state index contributed by atoms with van der Waals surface area (Å²) in [4.78, 5) is 22.3. The van der Waals surface area contributed by atoms with Crippen LogP contribution in [0.2, 0.25) is 0 Å². The molecule has 1 N–H and O–H groups in total. The van der Waals surface area contributed by atoms with Crippen LogP contribution in [0.4, 0.5) is 5.69 Å². The number of benzene rings is 3. The molecule has 3 aromatic carbocycles. The third-order valence-electron chi connectivity index (χ3n) is 6.94. The number of amides is 1. The van der Waals surface area contributed by atoms with E-state index in [0.29, 0.717) is 25.5 Å². The van der Waals surface area contributed by atoms with Gasteiger partial charge in [-0.2, -0.15) is 0 Å². The Kier molecular flexibility index (Phi) is 6.75. The van der Waals surface area contributed by atoms with E-state index in [-0.39, 0.29) is 5.91 Å². The van der Waals surface area contributed by atoms with Crippen LogP contribution in [0.5, 0.6) is 11.5 Å². The molecule has 0 saturated carbocycles. The molecule has 0 aliphatic carbocycles. The van der Waals surface area contributed by atoms with Crippen molar-refractivity contribution in [2.75, 3.05) is 51.3 Å². The predicted octanol–water partition coefficient (Wildman–Crippen LogP) is 3.61. The molecule has 1 aromatic heterocycles. The average molecular weight is 498 g/mol.